The molecule has 0 spiro atoms. The summed E-state index contributed by atoms with van der Waals surface area (Å²) in [6, 6.07) is 0.577. The van der Waals surface area contributed by atoms with E-state index < -0.39 is 0 Å². The Morgan fingerprint density at radius 3 is 3.00 bits per heavy atom. The highest BCUT2D eigenvalue weighted by Crippen LogP contribution is 2.37. The fourth-order valence-corrected chi connectivity index (χ4v) is 3.39. The van der Waals surface area contributed by atoms with Crippen molar-refractivity contribution in [2.24, 2.45) is 5.92 Å². The van der Waals surface area contributed by atoms with Crippen molar-refractivity contribution in [2.45, 2.75) is 45.7 Å². The standard InChI is InChI=1S/C15H27N3OS/c1-4-7-16-10-14-11-17-15(20-14)18(8-9-19-3)12(2)13-5-6-13/h11-13,16H,4-10H2,1-3H3. The Bertz CT molecular complexity index is 392. The van der Waals surface area contributed by atoms with Gasteiger partial charge in [0.2, 0.25) is 0 Å². The predicted octanol–water partition coefficient (Wildman–Crippen LogP) is 2.89. The topological polar surface area (TPSA) is 37.4 Å². The maximum Gasteiger partial charge on any atom is 0.185 e. The average molecular weight is 297 g/mol. The Morgan fingerprint density at radius 1 is 1.55 bits per heavy atom. The third kappa shape index (κ3) is 4.43. The zero-order valence-corrected chi connectivity index (χ0v) is 13.7. The highest BCUT2D eigenvalue weighted by atomic mass is 32.1. The molecular formula is C15H27N3OS. The van der Waals surface area contributed by atoms with Crippen molar-refractivity contribution in [3.63, 3.8) is 0 Å². The molecule has 0 saturated heterocycles. The molecule has 1 aliphatic rings. The van der Waals surface area contributed by atoms with Gasteiger partial charge in [0.1, 0.15) is 0 Å². The van der Waals surface area contributed by atoms with Crippen molar-refractivity contribution in [3.8, 4) is 0 Å². The van der Waals surface area contributed by atoms with Gasteiger partial charge in [-0.1, -0.05) is 6.92 Å². The fourth-order valence-electron chi connectivity index (χ4n) is 2.40. The number of methoxy groups -OCH3 is 1. The van der Waals surface area contributed by atoms with E-state index in [1.54, 1.807) is 7.11 Å². The minimum atomic E-state index is 0.577. The molecule has 0 aliphatic heterocycles. The summed E-state index contributed by atoms with van der Waals surface area (Å²) < 4.78 is 5.25. The van der Waals surface area contributed by atoms with Gasteiger partial charge in [0.15, 0.2) is 5.13 Å². The molecule has 1 aromatic heterocycles. The zero-order chi connectivity index (χ0) is 14.4. The first-order chi connectivity index (χ1) is 9.76. The van der Waals surface area contributed by atoms with Crippen LogP contribution in [0.2, 0.25) is 0 Å². The van der Waals surface area contributed by atoms with Crippen LogP contribution in [0.3, 0.4) is 0 Å². The van der Waals surface area contributed by atoms with Crippen molar-refractivity contribution < 1.29 is 4.74 Å². The van der Waals surface area contributed by atoms with E-state index in [0.29, 0.717) is 6.04 Å². The first kappa shape index (κ1) is 15.7. The smallest absolute Gasteiger partial charge is 0.185 e. The van der Waals surface area contributed by atoms with E-state index in [1.165, 1.54) is 24.1 Å². The lowest BCUT2D eigenvalue weighted by Crippen LogP contribution is -2.37. The molecule has 1 fully saturated rings. The lowest BCUT2D eigenvalue weighted by Gasteiger charge is -2.28. The second-order valence-corrected chi connectivity index (χ2v) is 6.64. The third-order valence-electron chi connectivity index (χ3n) is 3.85. The lowest BCUT2D eigenvalue weighted by atomic mass is 10.2. The van der Waals surface area contributed by atoms with E-state index in [1.807, 2.05) is 17.5 Å². The first-order valence-corrected chi connectivity index (χ1v) is 8.49. The van der Waals surface area contributed by atoms with Crippen LogP contribution in [-0.2, 0) is 11.3 Å². The summed E-state index contributed by atoms with van der Waals surface area (Å²) in [7, 11) is 1.77. The van der Waals surface area contributed by atoms with Gasteiger partial charge in [0.05, 0.1) is 6.61 Å². The van der Waals surface area contributed by atoms with Crippen molar-refractivity contribution in [3.05, 3.63) is 11.1 Å². The third-order valence-corrected chi connectivity index (χ3v) is 4.88. The van der Waals surface area contributed by atoms with Gasteiger partial charge in [-0.05, 0) is 38.6 Å². The van der Waals surface area contributed by atoms with Crippen LogP contribution in [0, 0.1) is 5.92 Å². The number of thiazole rings is 1. The molecule has 1 aliphatic carbocycles. The minimum absolute atomic E-state index is 0.577. The second-order valence-electron chi connectivity index (χ2n) is 5.55. The van der Waals surface area contributed by atoms with Crippen LogP contribution in [0.5, 0.6) is 0 Å². The van der Waals surface area contributed by atoms with E-state index in [-0.39, 0.29) is 0 Å². The molecule has 20 heavy (non-hydrogen) atoms. The van der Waals surface area contributed by atoms with Crippen LogP contribution in [-0.4, -0.2) is 37.8 Å². The molecule has 0 bridgehead atoms. The van der Waals surface area contributed by atoms with Crippen LogP contribution >= 0.6 is 11.3 Å². The largest absolute Gasteiger partial charge is 0.383 e. The van der Waals surface area contributed by atoms with E-state index in [0.717, 1.165) is 37.3 Å². The summed E-state index contributed by atoms with van der Waals surface area (Å²) in [5.74, 6) is 0.845. The number of anilines is 1. The quantitative estimate of drug-likeness (QED) is 0.674. The second kappa shape index (κ2) is 7.96. The van der Waals surface area contributed by atoms with Crippen LogP contribution in [0.15, 0.2) is 6.20 Å². The van der Waals surface area contributed by atoms with Crippen LogP contribution in [0.4, 0.5) is 5.13 Å². The number of nitrogens with one attached hydrogen (secondary N) is 1. The average Bonchev–Trinajstić information content (AvgIpc) is 3.20. The Labute approximate surface area is 126 Å². The van der Waals surface area contributed by atoms with Crippen LogP contribution < -0.4 is 10.2 Å². The molecule has 4 nitrogen and oxygen atoms in total. The normalized spacial score (nSPS) is 16.4. The van der Waals surface area contributed by atoms with Gasteiger partial charge in [-0.25, -0.2) is 4.98 Å². The van der Waals surface area contributed by atoms with Crippen LogP contribution in [0.1, 0.15) is 38.0 Å². The lowest BCUT2D eigenvalue weighted by molar-refractivity contribution is 0.202. The van der Waals surface area contributed by atoms with Crippen LogP contribution in [0.25, 0.3) is 0 Å². The van der Waals surface area contributed by atoms with Crippen molar-refractivity contribution in [2.75, 3.05) is 31.7 Å². The number of ether oxygens (including phenoxy) is 1. The molecule has 1 unspecified atom stereocenters. The number of hydrogen-bond donors (Lipinski definition) is 1. The number of rotatable bonds is 10. The maximum atomic E-state index is 5.25. The van der Waals surface area contributed by atoms with Crippen molar-refractivity contribution in [1.29, 1.82) is 0 Å². The predicted molar refractivity (Wildman–Crippen MR) is 85.5 cm³/mol. The van der Waals surface area contributed by atoms with Crippen molar-refractivity contribution in [1.82, 2.24) is 10.3 Å². The molecule has 114 valence electrons. The molecule has 5 heteroatoms. The van der Waals surface area contributed by atoms with Gasteiger partial charge < -0.3 is 15.0 Å². The van der Waals surface area contributed by atoms with Gasteiger partial charge in [0, 0.05) is 37.3 Å². The maximum absolute atomic E-state index is 5.25. The SMILES string of the molecule is CCCNCc1cnc(N(CCOC)C(C)C2CC2)s1. The molecule has 0 radical (unpaired) electrons. The van der Waals surface area contributed by atoms with Crippen molar-refractivity contribution >= 4 is 16.5 Å². The van der Waals surface area contributed by atoms with Gasteiger partial charge in [0.25, 0.3) is 0 Å². The molecule has 0 aromatic carbocycles. The summed E-state index contributed by atoms with van der Waals surface area (Å²) in [6.07, 6.45) is 5.91. The van der Waals surface area contributed by atoms with Gasteiger partial charge in [-0.2, -0.15) is 0 Å². The van der Waals surface area contributed by atoms with E-state index in [9.17, 15) is 0 Å². The highest BCUT2D eigenvalue weighted by Gasteiger charge is 2.33. The summed E-state index contributed by atoms with van der Waals surface area (Å²) in [5, 5.41) is 4.59. The Balaban J connectivity index is 1.96. The van der Waals surface area contributed by atoms with E-state index >= 15 is 0 Å². The molecular weight excluding hydrogens is 270 g/mol. The molecule has 0 amide bonds. The van der Waals surface area contributed by atoms with E-state index in [4.69, 9.17) is 4.74 Å². The molecule has 1 saturated carbocycles. The Hall–Kier alpha value is -0.650. The zero-order valence-electron chi connectivity index (χ0n) is 12.9. The molecule has 1 aromatic rings. The fraction of sp³-hybridized carbons (Fsp3) is 0.800. The van der Waals surface area contributed by atoms with Gasteiger partial charge >= 0.3 is 0 Å². The monoisotopic (exact) mass is 297 g/mol. The van der Waals surface area contributed by atoms with Gasteiger partial charge in [-0.3, -0.25) is 0 Å². The molecule has 1 heterocycles. The first-order valence-electron chi connectivity index (χ1n) is 7.67. The molecule has 2 rings (SSSR count). The molecule has 1 N–H and O–H groups in total. The van der Waals surface area contributed by atoms with Gasteiger partial charge in [-0.15, -0.1) is 11.3 Å². The molecule has 1 atom stereocenters. The summed E-state index contributed by atoms with van der Waals surface area (Å²) in [4.78, 5) is 8.37. The Morgan fingerprint density at radius 2 is 2.35 bits per heavy atom. The van der Waals surface area contributed by atoms with E-state index in [2.05, 4.69) is 29.0 Å². The number of hydrogen-bond acceptors (Lipinski definition) is 5. The minimum Gasteiger partial charge on any atom is -0.383 e. The highest BCUT2D eigenvalue weighted by molar-refractivity contribution is 7.15. The summed E-state index contributed by atoms with van der Waals surface area (Å²) in [6.45, 7) is 8.21. The summed E-state index contributed by atoms with van der Waals surface area (Å²) >= 11 is 1.81. The number of aromatic nitrogens is 1. The Kier molecular flexibility index (Phi) is 6.26. The summed E-state index contributed by atoms with van der Waals surface area (Å²) in [5.41, 5.74) is 0. The number of nitrogens with zero attached hydrogens (tertiary/aromatic N) is 2.